The summed E-state index contributed by atoms with van der Waals surface area (Å²) in [6.45, 7) is 0. The average Bonchev–Trinajstić information content (AvgIpc) is 3.18. The van der Waals surface area contributed by atoms with Gasteiger partial charge in [0.1, 0.15) is 0 Å². The van der Waals surface area contributed by atoms with Gasteiger partial charge in [0.25, 0.3) is 0 Å². The Hall–Kier alpha value is -0.110. The van der Waals surface area contributed by atoms with E-state index < -0.39 is 0 Å². The topological polar surface area (TPSA) is 12.0 Å². The summed E-state index contributed by atoms with van der Waals surface area (Å²) in [6.07, 6.45) is 8.02. The predicted molar refractivity (Wildman–Crippen MR) is 83.6 cm³/mol. The summed E-state index contributed by atoms with van der Waals surface area (Å²) in [4.78, 5) is 0. The molecule has 0 radical (unpaired) electrons. The molecule has 1 aromatic carbocycles. The van der Waals surface area contributed by atoms with E-state index in [0.29, 0.717) is 21.1 Å². The summed E-state index contributed by atoms with van der Waals surface area (Å²) in [7, 11) is 0. The lowest BCUT2D eigenvalue weighted by Gasteiger charge is -2.31. The van der Waals surface area contributed by atoms with Gasteiger partial charge in [-0.25, -0.2) is 0 Å². The fourth-order valence-corrected chi connectivity index (χ4v) is 4.16. The Bertz CT molecular complexity index is 447. The first-order valence-corrected chi connectivity index (χ1v) is 8.18. The Labute approximate surface area is 129 Å². The van der Waals surface area contributed by atoms with Gasteiger partial charge in [-0.05, 0) is 49.7 Å². The zero-order valence-electron chi connectivity index (χ0n) is 10.8. The summed E-state index contributed by atoms with van der Waals surface area (Å²) in [5.74, 6) is 1.89. The first kappa shape index (κ1) is 13.9. The van der Waals surface area contributed by atoms with E-state index in [4.69, 9.17) is 34.8 Å². The predicted octanol–water partition coefficient (Wildman–Crippen LogP) is 6.03. The summed E-state index contributed by atoms with van der Waals surface area (Å²) >= 11 is 18.4. The lowest BCUT2D eigenvalue weighted by Crippen LogP contribution is -2.28. The molecule has 2 saturated carbocycles. The largest absolute Gasteiger partial charge is 0.380 e. The van der Waals surface area contributed by atoms with E-state index in [1.807, 2.05) is 0 Å². The van der Waals surface area contributed by atoms with E-state index in [1.165, 1.54) is 38.5 Å². The number of benzene rings is 1. The summed E-state index contributed by atoms with van der Waals surface area (Å²) in [5, 5.41) is 5.35. The van der Waals surface area contributed by atoms with Gasteiger partial charge in [-0.1, -0.05) is 47.6 Å². The lowest BCUT2D eigenvalue weighted by molar-refractivity contribution is 0.303. The van der Waals surface area contributed by atoms with Crippen LogP contribution in [0.2, 0.25) is 15.1 Å². The maximum atomic E-state index is 6.23. The van der Waals surface area contributed by atoms with Crippen molar-refractivity contribution in [2.75, 3.05) is 5.32 Å². The molecule has 0 spiro atoms. The Morgan fingerprint density at radius 2 is 1.58 bits per heavy atom. The third kappa shape index (κ3) is 3.32. The smallest absolute Gasteiger partial charge is 0.0722 e. The molecule has 0 heterocycles. The van der Waals surface area contributed by atoms with Crippen LogP contribution in [0.4, 0.5) is 5.69 Å². The zero-order chi connectivity index (χ0) is 13.4. The molecule has 1 aromatic rings. The number of anilines is 1. The van der Waals surface area contributed by atoms with Crippen molar-refractivity contribution in [1.82, 2.24) is 0 Å². The Morgan fingerprint density at radius 3 is 2.21 bits per heavy atom. The molecule has 1 N–H and O–H groups in total. The van der Waals surface area contributed by atoms with Crippen LogP contribution in [0.5, 0.6) is 0 Å². The first-order chi connectivity index (χ1) is 9.13. The fraction of sp³-hybridized carbons (Fsp3) is 0.600. The van der Waals surface area contributed by atoms with Crippen LogP contribution in [0.15, 0.2) is 12.1 Å². The number of hydrogen-bond donors (Lipinski definition) is 1. The van der Waals surface area contributed by atoms with Gasteiger partial charge in [0.05, 0.1) is 15.7 Å². The van der Waals surface area contributed by atoms with Crippen LogP contribution >= 0.6 is 34.8 Å². The molecule has 2 aliphatic carbocycles. The zero-order valence-corrected chi connectivity index (χ0v) is 13.0. The van der Waals surface area contributed by atoms with Crippen LogP contribution in [0, 0.1) is 11.8 Å². The molecule has 3 rings (SSSR count). The van der Waals surface area contributed by atoms with Crippen molar-refractivity contribution in [3.05, 3.63) is 27.2 Å². The normalized spacial score (nSPS) is 27.3. The van der Waals surface area contributed by atoms with Gasteiger partial charge >= 0.3 is 0 Å². The van der Waals surface area contributed by atoms with Crippen molar-refractivity contribution < 1.29 is 0 Å². The Morgan fingerprint density at radius 1 is 0.895 bits per heavy atom. The molecule has 0 aliphatic heterocycles. The summed E-state index contributed by atoms with van der Waals surface area (Å²) in [5.41, 5.74) is 0.842. The Balaban J connectivity index is 1.70. The van der Waals surface area contributed by atoms with E-state index in [1.54, 1.807) is 12.1 Å². The van der Waals surface area contributed by atoms with Gasteiger partial charge in [-0.2, -0.15) is 0 Å². The van der Waals surface area contributed by atoms with E-state index in [-0.39, 0.29) is 0 Å². The van der Waals surface area contributed by atoms with Gasteiger partial charge in [0.2, 0.25) is 0 Å². The van der Waals surface area contributed by atoms with Crippen LogP contribution < -0.4 is 5.32 Å². The van der Waals surface area contributed by atoms with Crippen LogP contribution in [-0.4, -0.2) is 6.04 Å². The van der Waals surface area contributed by atoms with Gasteiger partial charge in [0.15, 0.2) is 0 Å². The minimum absolute atomic E-state index is 0.496. The monoisotopic (exact) mass is 317 g/mol. The highest BCUT2D eigenvalue weighted by atomic mass is 35.5. The molecule has 0 aromatic heterocycles. The van der Waals surface area contributed by atoms with Crippen LogP contribution in [0.25, 0.3) is 0 Å². The molecule has 4 heteroatoms. The second kappa shape index (κ2) is 5.71. The highest BCUT2D eigenvalue weighted by molar-refractivity contribution is 6.41. The number of nitrogens with one attached hydrogen (secondary N) is 1. The highest BCUT2D eigenvalue weighted by Crippen LogP contribution is 2.45. The quantitative estimate of drug-likeness (QED) is 0.717. The molecule has 2 fully saturated rings. The molecule has 2 aliphatic rings. The second-order valence-corrected chi connectivity index (χ2v) is 7.10. The first-order valence-electron chi connectivity index (χ1n) is 7.04. The number of rotatable bonds is 3. The van der Waals surface area contributed by atoms with E-state index in [0.717, 1.165) is 17.5 Å². The van der Waals surface area contributed by atoms with E-state index >= 15 is 0 Å². The standard InChI is InChI=1S/C15H18Cl3N/c16-11-7-13(17)15(14(18)8-11)19-12-3-1-2-10(6-12)9-4-5-9/h7-10,12,19H,1-6H2. The van der Waals surface area contributed by atoms with Crippen LogP contribution in [0.3, 0.4) is 0 Å². The van der Waals surface area contributed by atoms with Crippen molar-refractivity contribution in [1.29, 1.82) is 0 Å². The third-order valence-electron chi connectivity index (χ3n) is 4.36. The molecule has 2 atom stereocenters. The lowest BCUT2D eigenvalue weighted by atomic mass is 9.82. The van der Waals surface area contributed by atoms with Crippen molar-refractivity contribution in [3.8, 4) is 0 Å². The van der Waals surface area contributed by atoms with Crippen molar-refractivity contribution in [3.63, 3.8) is 0 Å². The molecular formula is C15H18Cl3N. The maximum absolute atomic E-state index is 6.23. The molecule has 0 amide bonds. The molecule has 19 heavy (non-hydrogen) atoms. The van der Waals surface area contributed by atoms with Gasteiger partial charge in [-0.3, -0.25) is 0 Å². The van der Waals surface area contributed by atoms with Crippen molar-refractivity contribution in [2.24, 2.45) is 11.8 Å². The summed E-state index contributed by atoms with van der Waals surface area (Å²) in [6, 6.07) is 3.99. The van der Waals surface area contributed by atoms with Crippen molar-refractivity contribution >= 4 is 40.5 Å². The Kier molecular flexibility index (Phi) is 4.17. The van der Waals surface area contributed by atoms with Crippen LogP contribution in [-0.2, 0) is 0 Å². The fourth-order valence-electron chi connectivity index (χ4n) is 3.24. The van der Waals surface area contributed by atoms with Crippen molar-refractivity contribution in [2.45, 2.75) is 44.6 Å². The minimum atomic E-state index is 0.496. The third-order valence-corrected chi connectivity index (χ3v) is 5.17. The SMILES string of the molecule is Clc1cc(Cl)c(NC2CCCC(C3CC3)C2)c(Cl)c1. The molecule has 0 saturated heterocycles. The number of halogens is 3. The maximum Gasteiger partial charge on any atom is 0.0722 e. The number of hydrogen-bond acceptors (Lipinski definition) is 1. The molecule has 1 nitrogen and oxygen atoms in total. The minimum Gasteiger partial charge on any atom is -0.380 e. The second-order valence-electron chi connectivity index (χ2n) is 5.85. The molecular weight excluding hydrogens is 301 g/mol. The van der Waals surface area contributed by atoms with Gasteiger partial charge < -0.3 is 5.32 Å². The van der Waals surface area contributed by atoms with Gasteiger partial charge in [-0.15, -0.1) is 0 Å². The molecule has 104 valence electrons. The van der Waals surface area contributed by atoms with Gasteiger partial charge in [0, 0.05) is 11.1 Å². The van der Waals surface area contributed by atoms with E-state index in [9.17, 15) is 0 Å². The van der Waals surface area contributed by atoms with Crippen LogP contribution in [0.1, 0.15) is 38.5 Å². The van der Waals surface area contributed by atoms with E-state index in [2.05, 4.69) is 5.32 Å². The molecule has 0 bridgehead atoms. The average molecular weight is 319 g/mol. The highest BCUT2D eigenvalue weighted by Gasteiger charge is 2.34. The molecule has 2 unspecified atom stereocenters. The summed E-state index contributed by atoms with van der Waals surface area (Å²) < 4.78 is 0.